The van der Waals surface area contributed by atoms with Crippen molar-refractivity contribution in [3.05, 3.63) is 58.1 Å². The number of aliphatic imine (C=N–C) groups is 1. The van der Waals surface area contributed by atoms with Crippen molar-refractivity contribution in [3.63, 3.8) is 0 Å². The minimum atomic E-state index is -6.20. The quantitative estimate of drug-likeness (QED) is 0.207. The summed E-state index contributed by atoms with van der Waals surface area (Å²) in [4.78, 5) is 3.06. The number of hydrogen-bond donors (Lipinski definition) is 1. The fraction of sp³-hybridized carbons (Fsp3) is 0.562. The molecule has 0 unspecified atom stereocenters. The Bertz CT molecular complexity index is 1520. The third-order valence-electron chi connectivity index (χ3n) is 10.7. The summed E-state index contributed by atoms with van der Waals surface area (Å²) in [6.07, 6.45) is -11.3. The molecular weight excluding hydrogens is 564 g/mol. The van der Waals surface area contributed by atoms with Crippen LogP contribution in [0.2, 0.25) is 0 Å². The number of halogens is 8. The number of rotatable bonds is 3. The fourth-order valence-electron chi connectivity index (χ4n) is 6.43. The lowest BCUT2D eigenvalue weighted by molar-refractivity contribution is -0.249. The molecule has 2 aromatic rings. The Labute approximate surface area is 241 Å². The molecular formula is C32H36F8N2. The molecule has 2 aromatic carbocycles. The second kappa shape index (κ2) is 8.65. The summed E-state index contributed by atoms with van der Waals surface area (Å²) < 4.78 is 109. The van der Waals surface area contributed by atoms with Gasteiger partial charge in [0.1, 0.15) is 5.41 Å². The fourth-order valence-corrected chi connectivity index (χ4v) is 6.43. The number of alkyl halides is 8. The standard InChI is InChI=1S/C32H36F8N2/c1-25(2)19-13-16(23(28(7,8)31(35,36)37)42-24(41)30(33,34)32(38,39)40)11-12-17(19)18-14-21-22(15-20(18)25)27(5,6)29(9,10)26(21,3)4/h11-15,41H,1-10H3. The number of benzene rings is 2. The van der Waals surface area contributed by atoms with E-state index in [9.17, 15) is 35.1 Å². The van der Waals surface area contributed by atoms with Gasteiger partial charge in [-0.15, -0.1) is 0 Å². The summed E-state index contributed by atoms with van der Waals surface area (Å²) >= 11 is 0. The van der Waals surface area contributed by atoms with Gasteiger partial charge in [0.25, 0.3) is 0 Å². The molecule has 0 bridgehead atoms. The second-order valence-electron chi connectivity index (χ2n) is 14.2. The van der Waals surface area contributed by atoms with Gasteiger partial charge in [0, 0.05) is 5.41 Å². The van der Waals surface area contributed by atoms with E-state index in [1.165, 1.54) is 17.7 Å². The van der Waals surface area contributed by atoms with E-state index in [4.69, 9.17) is 5.41 Å². The summed E-state index contributed by atoms with van der Waals surface area (Å²) in [5.41, 5.74) is -0.102. The van der Waals surface area contributed by atoms with Crippen molar-refractivity contribution in [1.82, 2.24) is 0 Å². The molecule has 0 saturated carbocycles. The van der Waals surface area contributed by atoms with Crippen LogP contribution in [0.4, 0.5) is 35.1 Å². The Kier molecular flexibility index (Phi) is 6.62. The molecule has 1 N–H and O–H groups in total. The van der Waals surface area contributed by atoms with Gasteiger partial charge in [-0.2, -0.15) is 35.1 Å². The van der Waals surface area contributed by atoms with Gasteiger partial charge in [-0.05, 0) is 81.2 Å². The molecule has 0 aliphatic heterocycles. The van der Waals surface area contributed by atoms with E-state index >= 15 is 0 Å². The Balaban J connectivity index is 1.96. The minimum absolute atomic E-state index is 0.105. The molecule has 0 atom stereocenters. The summed E-state index contributed by atoms with van der Waals surface area (Å²) in [6.45, 7) is 18.3. The molecule has 0 spiro atoms. The lowest BCUT2D eigenvalue weighted by Gasteiger charge is -2.44. The topological polar surface area (TPSA) is 36.2 Å². The van der Waals surface area contributed by atoms with E-state index in [-0.39, 0.29) is 21.8 Å². The maximum Gasteiger partial charge on any atom is 0.461 e. The van der Waals surface area contributed by atoms with Crippen LogP contribution in [0, 0.1) is 16.2 Å². The SMILES string of the molecule is CC1(C)c2cc(C(=NC(=N)C(F)(F)C(F)(F)F)C(C)(C)C(F)(F)F)ccc2-c2cc3c(cc21)C(C)(C)C(C)(C)C3(C)C. The Morgan fingerprint density at radius 1 is 0.643 bits per heavy atom. The first-order valence-corrected chi connectivity index (χ1v) is 13.6. The van der Waals surface area contributed by atoms with Crippen molar-refractivity contribution in [2.75, 3.05) is 0 Å². The summed E-state index contributed by atoms with van der Waals surface area (Å²) in [7, 11) is 0. The highest BCUT2D eigenvalue weighted by atomic mass is 19.4. The van der Waals surface area contributed by atoms with E-state index in [1.54, 1.807) is 6.07 Å². The van der Waals surface area contributed by atoms with Crippen LogP contribution in [-0.2, 0) is 16.2 Å². The van der Waals surface area contributed by atoms with Gasteiger partial charge in [-0.25, -0.2) is 4.99 Å². The lowest BCUT2D eigenvalue weighted by Crippen LogP contribution is -2.45. The molecule has 10 heteroatoms. The zero-order valence-electron chi connectivity index (χ0n) is 25.4. The summed E-state index contributed by atoms with van der Waals surface area (Å²) in [5.74, 6) is -8.24. The predicted molar refractivity (Wildman–Crippen MR) is 149 cm³/mol. The first kappa shape index (κ1) is 32.1. The molecule has 2 nitrogen and oxygen atoms in total. The van der Waals surface area contributed by atoms with E-state index in [0.29, 0.717) is 19.4 Å². The van der Waals surface area contributed by atoms with Crippen LogP contribution in [0.3, 0.4) is 0 Å². The van der Waals surface area contributed by atoms with E-state index < -0.39 is 40.7 Å². The van der Waals surface area contributed by atoms with Gasteiger partial charge in [-0.3, -0.25) is 5.41 Å². The molecule has 4 rings (SSSR count). The van der Waals surface area contributed by atoms with Crippen molar-refractivity contribution in [3.8, 4) is 11.1 Å². The van der Waals surface area contributed by atoms with Gasteiger partial charge in [0.05, 0.1) is 5.71 Å². The molecule has 42 heavy (non-hydrogen) atoms. The number of nitrogens with zero attached hydrogens (tertiary/aromatic N) is 1. The minimum Gasteiger partial charge on any atom is -0.281 e. The summed E-state index contributed by atoms with van der Waals surface area (Å²) in [5, 5.41) is 7.40. The molecule has 2 aliphatic rings. The van der Waals surface area contributed by atoms with Gasteiger partial charge in [-0.1, -0.05) is 73.6 Å². The van der Waals surface area contributed by atoms with E-state index in [1.807, 2.05) is 13.8 Å². The van der Waals surface area contributed by atoms with Gasteiger partial charge in [0.2, 0.25) is 5.84 Å². The van der Waals surface area contributed by atoms with Gasteiger partial charge >= 0.3 is 18.3 Å². The smallest absolute Gasteiger partial charge is 0.281 e. The molecule has 0 radical (unpaired) electrons. The Morgan fingerprint density at radius 2 is 1.12 bits per heavy atom. The van der Waals surface area contributed by atoms with Crippen LogP contribution in [0.25, 0.3) is 11.1 Å². The Morgan fingerprint density at radius 3 is 1.60 bits per heavy atom. The highest BCUT2D eigenvalue weighted by Gasteiger charge is 2.62. The average molecular weight is 601 g/mol. The molecule has 230 valence electrons. The highest BCUT2D eigenvalue weighted by molar-refractivity contribution is 6.12. The number of nitrogens with one attached hydrogen (secondary N) is 1. The molecule has 0 amide bonds. The van der Waals surface area contributed by atoms with E-state index in [0.717, 1.165) is 22.3 Å². The van der Waals surface area contributed by atoms with Crippen LogP contribution in [0.1, 0.15) is 97.1 Å². The maximum absolute atomic E-state index is 14.2. The van der Waals surface area contributed by atoms with Crippen LogP contribution in [-0.4, -0.2) is 29.8 Å². The van der Waals surface area contributed by atoms with Gasteiger partial charge in [0.15, 0.2) is 0 Å². The third-order valence-corrected chi connectivity index (χ3v) is 10.7. The number of amidine groups is 1. The first-order chi connectivity index (χ1) is 18.6. The van der Waals surface area contributed by atoms with Crippen LogP contribution in [0.5, 0.6) is 0 Å². The zero-order valence-corrected chi connectivity index (χ0v) is 25.4. The van der Waals surface area contributed by atoms with Crippen LogP contribution < -0.4 is 0 Å². The molecule has 0 aromatic heterocycles. The molecule has 0 saturated heterocycles. The monoisotopic (exact) mass is 600 g/mol. The van der Waals surface area contributed by atoms with E-state index in [2.05, 4.69) is 58.7 Å². The molecule has 2 aliphatic carbocycles. The predicted octanol–water partition coefficient (Wildman–Crippen LogP) is 10.1. The maximum atomic E-state index is 14.2. The average Bonchev–Trinajstić information content (AvgIpc) is 3.10. The third kappa shape index (κ3) is 4.02. The second-order valence-corrected chi connectivity index (χ2v) is 14.2. The number of hydrogen-bond acceptors (Lipinski definition) is 1. The molecule has 0 fully saturated rings. The normalized spacial score (nSPS) is 20.7. The van der Waals surface area contributed by atoms with Crippen molar-refractivity contribution < 1.29 is 35.1 Å². The summed E-state index contributed by atoms with van der Waals surface area (Å²) in [6, 6.07) is 8.47. The highest BCUT2D eigenvalue weighted by Crippen LogP contribution is 2.64. The zero-order chi connectivity index (χ0) is 32.4. The Hall–Kier alpha value is -2.78. The van der Waals surface area contributed by atoms with Crippen molar-refractivity contribution in [2.45, 2.75) is 104 Å². The number of fused-ring (bicyclic) bond motifs is 4. The van der Waals surface area contributed by atoms with Crippen LogP contribution >= 0.6 is 0 Å². The first-order valence-electron chi connectivity index (χ1n) is 13.6. The van der Waals surface area contributed by atoms with Gasteiger partial charge < -0.3 is 0 Å². The van der Waals surface area contributed by atoms with Crippen LogP contribution in [0.15, 0.2) is 35.3 Å². The lowest BCUT2D eigenvalue weighted by atomic mass is 9.59. The molecule has 0 heterocycles. The van der Waals surface area contributed by atoms with Crippen molar-refractivity contribution in [2.24, 2.45) is 15.8 Å². The largest absolute Gasteiger partial charge is 0.461 e. The van der Waals surface area contributed by atoms with Crippen molar-refractivity contribution in [1.29, 1.82) is 5.41 Å². The van der Waals surface area contributed by atoms with Crippen molar-refractivity contribution >= 4 is 11.5 Å².